The van der Waals surface area contributed by atoms with Crippen molar-refractivity contribution < 1.29 is 0 Å². The van der Waals surface area contributed by atoms with Gasteiger partial charge in [-0.1, -0.05) is 20.8 Å². The molecule has 0 amide bonds. The minimum atomic E-state index is 0.407. The molecule has 2 fully saturated rings. The van der Waals surface area contributed by atoms with Crippen molar-refractivity contribution in [3.05, 3.63) is 0 Å². The van der Waals surface area contributed by atoms with Gasteiger partial charge in [-0.3, -0.25) is 0 Å². The summed E-state index contributed by atoms with van der Waals surface area (Å²) >= 11 is 2.09. The molecular weight excluding hydrogens is 214 g/mol. The average Bonchev–Trinajstić information content (AvgIpc) is 3.00. The number of thioether (sulfide) groups is 1. The van der Waals surface area contributed by atoms with Gasteiger partial charge < -0.3 is 5.32 Å². The van der Waals surface area contributed by atoms with Crippen LogP contribution >= 0.6 is 11.8 Å². The highest BCUT2D eigenvalue weighted by atomic mass is 32.2. The molecule has 0 heterocycles. The first kappa shape index (κ1) is 12.8. The molecule has 1 atom stereocenters. The second kappa shape index (κ2) is 4.89. The van der Waals surface area contributed by atoms with Crippen molar-refractivity contribution in [3.63, 3.8) is 0 Å². The summed E-state index contributed by atoms with van der Waals surface area (Å²) in [6.45, 7) is 9.29. The van der Waals surface area contributed by atoms with Gasteiger partial charge in [0.1, 0.15) is 0 Å². The zero-order chi connectivity index (χ0) is 11.8. The lowest BCUT2D eigenvalue weighted by Crippen LogP contribution is -2.41. The molecule has 0 aromatic carbocycles. The van der Waals surface area contributed by atoms with Crippen LogP contribution in [0.4, 0.5) is 0 Å². The maximum atomic E-state index is 3.89. The summed E-state index contributed by atoms with van der Waals surface area (Å²) in [7, 11) is 0. The van der Waals surface area contributed by atoms with E-state index in [0.717, 1.165) is 17.9 Å². The summed E-state index contributed by atoms with van der Waals surface area (Å²) in [5.74, 6) is 3.29. The predicted octanol–water partition coefficient (Wildman–Crippen LogP) is 3.68. The van der Waals surface area contributed by atoms with Crippen LogP contribution in [-0.2, 0) is 0 Å². The molecule has 0 spiro atoms. The van der Waals surface area contributed by atoms with E-state index >= 15 is 0 Å². The Morgan fingerprint density at radius 2 is 1.62 bits per heavy atom. The maximum Gasteiger partial charge on any atom is 0.0132 e. The average molecular weight is 241 g/mol. The molecule has 1 nitrogen and oxygen atoms in total. The van der Waals surface area contributed by atoms with E-state index in [0.29, 0.717) is 10.8 Å². The zero-order valence-electron chi connectivity index (χ0n) is 11.3. The van der Waals surface area contributed by atoms with Crippen molar-refractivity contribution in [2.45, 2.75) is 70.2 Å². The van der Waals surface area contributed by atoms with Gasteiger partial charge in [0.05, 0.1) is 0 Å². The number of hydrogen-bond acceptors (Lipinski definition) is 2. The third kappa shape index (κ3) is 4.29. The van der Waals surface area contributed by atoms with Gasteiger partial charge in [0, 0.05) is 22.6 Å². The second-order valence-corrected chi connectivity index (χ2v) is 8.54. The molecule has 0 radical (unpaired) electrons. The van der Waals surface area contributed by atoms with Gasteiger partial charge in [0.15, 0.2) is 0 Å². The van der Waals surface area contributed by atoms with Crippen LogP contribution in [0.3, 0.4) is 0 Å². The molecule has 2 heteroatoms. The maximum absolute atomic E-state index is 3.89. The highest BCUT2D eigenvalue weighted by molar-refractivity contribution is 8.00. The molecule has 1 unspecified atom stereocenters. The van der Waals surface area contributed by atoms with Crippen LogP contribution in [0.15, 0.2) is 0 Å². The Morgan fingerprint density at radius 3 is 2.00 bits per heavy atom. The van der Waals surface area contributed by atoms with Crippen molar-refractivity contribution >= 4 is 11.8 Å². The highest BCUT2D eigenvalue weighted by Gasteiger charge is 2.41. The Hall–Kier alpha value is 0.310. The van der Waals surface area contributed by atoms with Gasteiger partial charge >= 0.3 is 0 Å². The Morgan fingerprint density at radius 1 is 1.12 bits per heavy atom. The van der Waals surface area contributed by atoms with E-state index in [9.17, 15) is 0 Å². The summed E-state index contributed by atoms with van der Waals surface area (Å²) in [6.07, 6.45) is 5.92. The van der Waals surface area contributed by atoms with Crippen LogP contribution in [0.5, 0.6) is 0 Å². The molecule has 2 aliphatic carbocycles. The lowest BCUT2D eigenvalue weighted by atomic mass is 10.1. The third-order valence-electron chi connectivity index (χ3n) is 3.50. The van der Waals surface area contributed by atoms with Gasteiger partial charge in [-0.2, -0.15) is 11.8 Å². The van der Waals surface area contributed by atoms with Crippen molar-refractivity contribution in [2.75, 3.05) is 5.75 Å². The summed E-state index contributed by atoms with van der Waals surface area (Å²) in [5, 5.41) is 3.89. The molecule has 0 aliphatic heterocycles. The fourth-order valence-corrected chi connectivity index (χ4v) is 3.17. The van der Waals surface area contributed by atoms with E-state index in [2.05, 4.69) is 44.8 Å². The first-order chi connectivity index (χ1) is 7.46. The molecule has 94 valence electrons. The summed E-state index contributed by atoms with van der Waals surface area (Å²) < 4.78 is 0.407. The molecule has 2 aliphatic rings. The Bertz CT molecular complexity index is 213. The first-order valence-corrected chi connectivity index (χ1v) is 7.84. The monoisotopic (exact) mass is 241 g/mol. The van der Waals surface area contributed by atoms with Crippen molar-refractivity contribution in [1.29, 1.82) is 0 Å². The largest absolute Gasteiger partial charge is 0.310 e. The van der Waals surface area contributed by atoms with E-state index in [-0.39, 0.29) is 0 Å². The molecule has 0 aromatic heterocycles. The van der Waals surface area contributed by atoms with E-state index < -0.39 is 0 Å². The van der Waals surface area contributed by atoms with Gasteiger partial charge in [0.25, 0.3) is 0 Å². The minimum Gasteiger partial charge on any atom is -0.310 e. The lowest BCUT2D eigenvalue weighted by molar-refractivity contribution is 0.387. The normalized spacial score (nSPS) is 23.8. The Balaban J connectivity index is 1.70. The second-order valence-electron chi connectivity index (χ2n) is 6.69. The van der Waals surface area contributed by atoms with Crippen molar-refractivity contribution in [3.8, 4) is 0 Å². The van der Waals surface area contributed by atoms with E-state index in [1.165, 1.54) is 31.4 Å². The summed E-state index contributed by atoms with van der Waals surface area (Å²) in [5.41, 5.74) is 0. The lowest BCUT2D eigenvalue weighted by Gasteiger charge is -2.26. The molecule has 0 aromatic rings. The SMILES string of the molecule is CC(CSC(C)(C)C)NC(C1CC1)C1CC1. The standard InChI is InChI=1S/C14H27NS/c1-10(9-16-14(2,3)4)15-13(11-5-6-11)12-7-8-12/h10-13,15H,5-9H2,1-4H3. The smallest absolute Gasteiger partial charge is 0.0132 e. The molecule has 0 saturated heterocycles. The number of rotatable bonds is 6. The number of hydrogen-bond donors (Lipinski definition) is 1. The quantitative estimate of drug-likeness (QED) is 0.761. The van der Waals surface area contributed by atoms with Gasteiger partial charge in [-0.25, -0.2) is 0 Å². The first-order valence-electron chi connectivity index (χ1n) is 6.86. The van der Waals surface area contributed by atoms with Gasteiger partial charge in [-0.15, -0.1) is 0 Å². The fourth-order valence-electron chi connectivity index (χ4n) is 2.32. The number of nitrogens with one attached hydrogen (secondary N) is 1. The third-order valence-corrected chi connectivity index (χ3v) is 5.04. The highest BCUT2D eigenvalue weighted by Crippen LogP contribution is 2.44. The van der Waals surface area contributed by atoms with Crippen LogP contribution in [-0.4, -0.2) is 22.6 Å². The molecule has 2 saturated carbocycles. The Kier molecular flexibility index (Phi) is 3.90. The molecule has 1 N–H and O–H groups in total. The van der Waals surface area contributed by atoms with Crippen LogP contribution in [0.1, 0.15) is 53.4 Å². The van der Waals surface area contributed by atoms with E-state index in [4.69, 9.17) is 0 Å². The van der Waals surface area contributed by atoms with E-state index in [1.807, 2.05) is 0 Å². The molecule has 2 rings (SSSR count). The fraction of sp³-hybridized carbons (Fsp3) is 1.00. The molecule has 16 heavy (non-hydrogen) atoms. The van der Waals surface area contributed by atoms with Crippen LogP contribution in [0.2, 0.25) is 0 Å². The Labute approximate surface area is 105 Å². The summed E-state index contributed by atoms with van der Waals surface area (Å²) in [4.78, 5) is 0. The van der Waals surface area contributed by atoms with Crippen molar-refractivity contribution in [2.24, 2.45) is 11.8 Å². The minimum absolute atomic E-state index is 0.407. The summed E-state index contributed by atoms with van der Waals surface area (Å²) in [6, 6.07) is 1.53. The van der Waals surface area contributed by atoms with Crippen LogP contribution < -0.4 is 5.32 Å². The molecular formula is C14H27NS. The zero-order valence-corrected chi connectivity index (χ0v) is 12.1. The van der Waals surface area contributed by atoms with E-state index in [1.54, 1.807) is 0 Å². The van der Waals surface area contributed by atoms with Crippen LogP contribution in [0.25, 0.3) is 0 Å². The topological polar surface area (TPSA) is 12.0 Å². The van der Waals surface area contributed by atoms with Crippen molar-refractivity contribution in [1.82, 2.24) is 5.32 Å². The van der Waals surface area contributed by atoms with Gasteiger partial charge in [0.2, 0.25) is 0 Å². The van der Waals surface area contributed by atoms with Crippen LogP contribution in [0, 0.1) is 11.8 Å². The van der Waals surface area contributed by atoms with Gasteiger partial charge in [-0.05, 0) is 44.4 Å². The predicted molar refractivity (Wildman–Crippen MR) is 74.0 cm³/mol. The molecule has 0 bridgehead atoms.